The Balaban J connectivity index is 1.90. The van der Waals surface area contributed by atoms with Crippen molar-refractivity contribution >= 4 is 0 Å². The number of hydrogen-bond donors (Lipinski definition) is 0. The second kappa shape index (κ2) is 4.11. The molecule has 0 unspecified atom stereocenters. The second-order valence-corrected chi connectivity index (χ2v) is 5.53. The number of rotatable bonds is 1. The fourth-order valence-electron chi connectivity index (χ4n) is 3.32. The van der Waals surface area contributed by atoms with Crippen molar-refractivity contribution in [1.82, 2.24) is 4.90 Å². The van der Waals surface area contributed by atoms with Gasteiger partial charge < -0.3 is 4.74 Å². The molecule has 2 nitrogen and oxygen atoms in total. The van der Waals surface area contributed by atoms with Gasteiger partial charge in [0.15, 0.2) is 0 Å². The molecule has 3 rings (SSSR count). The minimum atomic E-state index is -0.0429. The normalized spacial score (nSPS) is 38.0. The molecule has 92 valence electrons. The van der Waals surface area contributed by atoms with Crippen LogP contribution in [-0.2, 0) is 4.74 Å². The first-order chi connectivity index (χ1) is 8.22. The fraction of sp³-hybridized carbons (Fsp3) is 0.600. The Kier molecular flexibility index (Phi) is 2.72. The van der Waals surface area contributed by atoms with Crippen LogP contribution in [-0.4, -0.2) is 23.8 Å². The molecule has 2 heterocycles. The summed E-state index contributed by atoms with van der Waals surface area (Å²) in [7, 11) is 0. The number of nitrogens with zero attached hydrogens (tertiary/aromatic N) is 1. The molecule has 17 heavy (non-hydrogen) atoms. The topological polar surface area (TPSA) is 12.5 Å². The van der Waals surface area contributed by atoms with E-state index in [1.165, 1.54) is 24.9 Å². The van der Waals surface area contributed by atoms with Gasteiger partial charge >= 0.3 is 0 Å². The molecular weight excluding hydrogens is 210 g/mol. The van der Waals surface area contributed by atoms with E-state index < -0.39 is 0 Å². The molecule has 0 radical (unpaired) electrons. The minimum absolute atomic E-state index is 0.0429. The molecular formula is C15H21NO. The summed E-state index contributed by atoms with van der Waals surface area (Å²) in [4.78, 5) is 2.57. The Hall–Kier alpha value is -0.860. The summed E-state index contributed by atoms with van der Waals surface area (Å²) in [6.07, 6.45) is 2.58. The first-order valence-electron chi connectivity index (χ1n) is 6.67. The van der Waals surface area contributed by atoms with E-state index in [-0.39, 0.29) is 5.72 Å². The van der Waals surface area contributed by atoms with Crippen LogP contribution in [0.15, 0.2) is 30.3 Å². The van der Waals surface area contributed by atoms with Gasteiger partial charge in [0, 0.05) is 6.54 Å². The summed E-state index contributed by atoms with van der Waals surface area (Å²) in [6.45, 7) is 6.59. The Bertz CT molecular complexity index is 391. The third-order valence-corrected chi connectivity index (χ3v) is 4.61. The van der Waals surface area contributed by atoms with Crippen LogP contribution in [0.3, 0.4) is 0 Å². The smallest absolute Gasteiger partial charge is 0.122 e. The van der Waals surface area contributed by atoms with Gasteiger partial charge in [-0.05, 0) is 31.2 Å². The molecule has 0 bridgehead atoms. The van der Waals surface area contributed by atoms with E-state index in [2.05, 4.69) is 49.1 Å². The quantitative estimate of drug-likeness (QED) is 0.736. The van der Waals surface area contributed by atoms with E-state index in [0.29, 0.717) is 12.0 Å². The van der Waals surface area contributed by atoms with Crippen LogP contribution in [0.4, 0.5) is 0 Å². The number of fused-ring (bicyclic) bond motifs is 1. The SMILES string of the molecule is C[C@H]1CCCN2[C@H](c3ccccc3)CO[C@]12C. The molecule has 0 aromatic heterocycles. The Morgan fingerprint density at radius 3 is 2.82 bits per heavy atom. The number of hydrogen-bond acceptors (Lipinski definition) is 2. The highest BCUT2D eigenvalue weighted by Gasteiger charge is 2.49. The van der Waals surface area contributed by atoms with E-state index >= 15 is 0 Å². The summed E-state index contributed by atoms with van der Waals surface area (Å²) < 4.78 is 6.15. The van der Waals surface area contributed by atoms with E-state index in [9.17, 15) is 0 Å². The maximum absolute atomic E-state index is 6.15. The van der Waals surface area contributed by atoms with Crippen LogP contribution in [0.1, 0.15) is 38.3 Å². The predicted octanol–water partition coefficient (Wildman–Crippen LogP) is 3.21. The van der Waals surface area contributed by atoms with Crippen molar-refractivity contribution < 1.29 is 4.74 Å². The van der Waals surface area contributed by atoms with Gasteiger partial charge in [0.05, 0.1) is 12.6 Å². The summed E-state index contributed by atoms with van der Waals surface area (Å²) in [5.41, 5.74) is 1.35. The van der Waals surface area contributed by atoms with E-state index in [4.69, 9.17) is 4.74 Å². The predicted molar refractivity (Wildman–Crippen MR) is 68.6 cm³/mol. The standard InChI is InChI=1S/C15H21NO/c1-12-7-6-10-16-14(11-17-15(12,16)2)13-8-4-3-5-9-13/h3-5,8-9,12,14H,6-7,10-11H2,1-2H3/t12-,14-,15+/m0/s1. The second-order valence-electron chi connectivity index (χ2n) is 5.53. The average molecular weight is 231 g/mol. The van der Waals surface area contributed by atoms with Crippen molar-refractivity contribution in [3.63, 3.8) is 0 Å². The van der Waals surface area contributed by atoms with Crippen molar-refractivity contribution in [3.8, 4) is 0 Å². The van der Waals surface area contributed by atoms with Crippen molar-refractivity contribution in [2.24, 2.45) is 5.92 Å². The Labute approximate surface area is 104 Å². The molecule has 0 saturated carbocycles. The average Bonchev–Trinajstić information content (AvgIpc) is 2.70. The molecule has 2 heteroatoms. The lowest BCUT2D eigenvalue weighted by Gasteiger charge is -2.44. The summed E-state index contributed by atoms with van der Waals surface area (Å²) >= 11 is 0. The van der Waals surface area contributed by atoms with Crippen molar-refractivity contribution in [2.75, 3.05) is 13.2 Å². The van der Waals surface area contributed by atoms with Gasteiger partial charge in [0.25, 0.3) is 0 Å². The Morgan fingerprint density at radius 1 is 1.29 bits per heavy atom. The van der Waals surface area contributed by atoms with Crippen LogP contribution >= 0.6 is 0 Å². The van der Waals surface area contributed by atoms with E-state index in [1.807, 2.05) is 0 Å². The maximum atomic E-state index is 6.15. The first-order valence-corrected chi connectivity index (χ1v) is 6.67. The monoisotopic (exact) mass is 231 g/mol. The lowest BCUT2D eigenvalue weighted by molar-refractivity contribution is -0.129. The van der Waals surface area contributed by atoms with Crippen LogP contribution in [0.25, 0.3) is 0 Å². The molecule has 1 aromatic carbocycles. The van der Waals surface area contributed by atoms with Gasteiger partial charge in [0.2, 0.25) is 0 Å². The highest BCUT2D eigenvalue weighted by molar-refractivity contribution is 5.21. The fourth-order valence-corrected chi connectivity index (χ4v) is 3.32. The van der Waals surface area contributed by atoms with E-state index in [1.54, 1.807) is 0 Å². The first kappa shape index (κ1) is 11.2. The van der Waals surface area contributed by atoms with Crippen LogP contribution in [0.5, 0.6) is 0 Å². The minimum Gasteiger partial charge on any atom is -0.358 e. The third-order valence-electron chi connectivity index (χ3n) is 4.61. The zero-order chi connectivity index (χ0) is 11.9. The van der Waals surface area contributed by atoms with Crippen molar-refractivity contribution in [3.05, 3.63) is 35.9 Å². The summed E-state index contributed by atoms with van der Waals surface area (Å²) in [5.74, 6) is 0.630. The number of ether oxygens (including phenoxy) is 1. The number of piperidine rings is 1. The molecule has 0 amide bonds. The molecule has 0 spiro atoms. The van der Waals surface area contributed by atoms with Gasteiger partial charge in [0.1, 0.15) is 5.72 Å². The maximum Gasteiger partial charge on any atom is 0.122 e. The van der Waals surface area contributed by atoms with Crippen LogP contribution in [0, 0.1) is 5.92 Å². The summed E-state index contributed by atoms with van der Waals surface area (Å²) in [6, 6.07) is 11.2. The van der Waals surface area contributed by atoms with Crippen molar-refractivity contribution in [1.29, 1.82) is 0 Å². The molecule has 1 aromatic rings. The molecule has 3 atom stereocenters. The largest absolute Gasteiger partial charge is 0.358 e. The van der Waals surface area contributed by atoms with Gasteiger partial charge in [-0.1, -0.05) is 37.3 Å². The lowest BCUT2D eigenvalue weighted by atomic mass is 9.87. The molecule has 2 aliphatic heterocycles. The zero-order valence-electron chi connectivity index (χ0n) is 10.7. The number of benzene rings is 1. The van der Waals surface area contributed by atoms with Crippen LogP contribution < -0.4 is 0 Å². The van der Waals surface area contributed by atoms with E-state index in [0.717, 1.165) is 6.61 Å². The third kappa shape index (κ3) is 1.71. The van der Waals surface area contributed by atoms with Crippen molar-refractivity contribution in [2.45, 2.75) is 38.5 Å². The molecule has 0 aliphatic carbocycles. The Morgan fingerprint density at radius 2 is 2.06 bits per heavy atom. The van der Waals surface area contributed by atoms with Gasteiger partial charge in [-0.3, -0.25) is 4.90 Å². The molecule has 2 fully saturated rings. The molecule has 0 N–H and O–H groups in total. The highest BCUT2D eigenvalue weighted by atomic mass is 16.5. The van der Waals surface area contributed by atoms with Gasteiger partial charge in [-0.25, -0.2) is 0 Å². The molecule has 2 aliphatic rings. The molecule has 2 saturated heterocycles. The van der Waals surface area contributed by atoms with Crippen LogP contribution in [0.2, 0.25) is 0 Å². The highest BCUT2D eigenvalue weighted by Crippen LogP contribution is 2.45. The van der Waals surface area contributed by atoms with Gasteiger partial charge in [-0.2, -0.15) is 0 Å². The summed E-state index contributed by atoms with van der Waals surface area (Å²) in [5, 5.41) is 0. The van der Waals surface area contributed by atoms with Gasteiger partial charge in [-0.15, -0.1) is 0 Å². The lowest BCUT2D eigenvalue weighted by Crippen LogP contribution is -2.51. The zero-order valence-corrected chi connectivity index (χ0v) is 10.7.